The van der Waals surface area contributed by atoms with Gasteiger partial charge in [-0.25, -0.2) is 0 Å². The van der Waals surface area contributed by atoms with Gasteiger partial charge in [-0.2, -0.15) is 18.9 Å². The quantitative estimate of drug-likeness (QED) is 0.337. The summed E-state index contributed by atoms with van der Waals surface area (Å²) in [4.78, 5) is 27.3. The van der Waals surface area contributed by atoms with E-state index in [2.05, 4.69) is 30.4 Å². The molecule has 2 N–H and O–H groups in total. The molecule has 30 heavy (non-hydrogen) atoms. The zero-order valence-electron chi connectivity index (χ0n) is 15.3. The van der Waals surface area contributed by atoms with Crippen LogP contribution in [0.4, 0.5) is 25.8 Å². The van der Waals surface area contributed by atoms with E-state index in [0.717, 1.165) is 5.56 Å². The molecule has 0 aliphatic carbocycles. The number of nitrogens with one attached hydrogen (secondary N) is 2. The van der Waals surface area contributed by atoms with Crippen molar-refractivity contribution in [1.82, 2.24) is 19.9 Å². The molecule has 0 fully saturated rings. The van der Waals surface area contributed by atoms with Gasteiger partial charge in [0.25, 0.3) is 10.9 Å². The van der Waals surface area contributed by atoms with Crippen LogP contribution < -0.4 is 21.5 Å². The first-order valence-corrected chi connectivity index (χ1v) is 8.93. The fourth-order valence-corrected chi connectivity index (χ4v) is 2.80. The van der Waals surface area contributed by atoms with Crippen LogP contribution >= 0.6 is 11.6 Å². The molecule has 2 aromatic carbocycles. The average molecular weight is 435 g/mol. The number of rotatable bonds is 7. The fourth-order valence-electron chi connectivity index (χ4n) is 2.73. The Morgan fingerprint density at radius 1 is 1.17 bits per heavy atom. The van der Waals surface area contributed by atoms with Crippen LogP contribution in [-0.2, 0) is 19.0 Å². The van der Waals surface area contributed by atoms with Crippen LogP contribution in [0.25, 0.3) is 11.4 Å². The van der Waals surface area contributed by atoms with E-state index >= 15 is 0 Å². The SMILES string of the molecule is Cn1cc(Nc2c(NCc3ccc(-c4noc(C(F)(F)Cl)n4)cc3)c(=O)c2=O)cn1. The number of hydrogen-bond donors (Lipinski definition) is 2. The Labute approximate surface area is 172 Å². The topological polar surface area (TPSA) is 115 Å². The molecule has 0 aliphatic heterocycles. The second-order valence-corrected chi connectivity index (χ2v) is 6.88. The molecular formula is C18H13ClF2N6O3. The van der Waals surface area contributed by atoms with Gasteiger partial charge in [0.15, 0.2) is 0 Å². The maximum Gasteiger partial charge on any atom is 0.400 e. The Hall–Kier alpha value is -3.60. The maximum atomic E-state index is 13.0. The number of anilines is 3. The summed E-state index contributed by atoms with van der Waals surface area (Å²) in [6, 6.07) is 6.60. The van der Waals surface area contributed by atoms with Crippen molar-refractivity contribution in [1.29, 1.82) is 0 Å². The van der Waals surface area contributed by atoms with Gasteiger partial charge in [0.2, 0.25) is 5.82 Å². The van der Waals surface area contributed by atoms with Gasteiger partial charge < -0.3 is 15.2 Å². The molecule has 154 valence electrons. The third-order valence-electron chi connectivity index (χ3n) is 4.23. The van der Waals surface area contributed by atoms with E-state index in [0.29, 0.717) is 11.3 Å². The molecule has 0 saturated carbocycles. The first kappa shape index (κ1) is 19.7. The van der Waals surface area contributed by atoms with Crippen molar-refractivity contribution in [3.05, 3.63) is 68.6 Å². The van der Waals surface area contributed by atoms with Gasteiger partial charge in [-0.3, -0.25) is 14.3 Å². The van der Waals surface area contributed by atoms with E-state index < -0.39 is 22.1 Å². The van der Waals surface area contributed by atoms with Crippen LogP contribution in [0.5, 0.6) is 0 Å². The third kappa shape index (κ3) is 3.79. The standard InChI is InChI=1S/C18H13ClF2N6O3/c1-27-8-11(7-23-27)24-13-12(14(28)15(13)29)22-6-9-2-4-10(5-3-9)16-25-17(30-26-16)18(19,20)21/h2-5,7-8,22,24H,6H2,1H3. The van der Waals surface area contributed by atoms with Gasteiger partial charge in [0.1, 0.15) is 11.4 Å². The highest BCUT2D eigenvalue weighted by Crippen LogP contribution is 2.32. The van der Waals surface area contributed by atoms with E-state index in [4.69, 9.17) is 11.6 Å². The van der Waals surface area contributed by atoms with E-state index in [-0.39, 0.29) is 23.7 Å². The van der Waals surface area contributed by atoms with Gasteiger partial charge in [-0.1, -0.05) is 29.4 Å². The Morgan fingerprint density at radius 3 is 2.47 bits per heavy atom. The lowest BCUT2D eigenvalue weighted by molar-refractivity contribution is 0.0551. The van der Waals surface area contributed by atoms with Crippen molar-refractivity contribution in [2.75, 3.05) is 10.6 Å². The second-order valence-electron chi connectivity index (χ2n) is 6.41. The summed E-state index contributed by atoms with van der Waals surface area (Å²) >= 11 is 4.86. The van der Waals surface area contributed by atoms with Crippen molar-refractivity contribution in [2.45, 2.75) is 11.9 Å². The van der Waals surface area contributed by atoms with Crippen LogP contribution in [0.1, 0.15) is 11.5 Å². The predicted molar refractivity (Wildman–Crippen MR) is 105 cm³/mol. The molecule has 2 aromatic heterocycles. The molecule has 0 spiro atoms. The molecular weight excluding hydrogens is 422 g/mol. The van der Waals surface area contributed by atoms with Gasteiger partial charge >= 0.3 is 11.3 Å². The van der Waals surface area contributed by atoms with E-state index in [1.807, 2.05) is 0 Å². The van der Waals surface area contributed by atoms with Crippen molar-refractivity contribution >= 4 is 28.7 Å². The highest BCUT2D eigenvalue weighted by Gasteiger charge is 2.35. The van der Waals surface area contributed by atoms with Crippen LogP contribution in [-0.4, -0.2) is 19.9 Å². The van der Waals surface area contributed by atoms with Crippen LogP contribution in [0.15, 0.2) is 50.8 Å². The summed E-state index contributed by atoms with van der Waals surface area (Å²) in [6.45, 7) is 0.254. The average Bonchev–Trinajstić information content (AvgIpc) is 3.36. The molecule has 0 unspecified atom stereocenters. The highest BCUT2D eigenvalue weighted by atomic mass is 35.5. The number of nitrogens with zero attached hydrogens (tertiary/aromatic N) is 4. The molecule has 9 nitrogen and oxygen atoms in total. The maximum absolute atomic E-state index is 13.0. The van der Waals surface area contributed by atoms with Crippen molar-refractivity contribution < 1.29 is 13.3 Å². The highest BCUT2D eigenvalue weighted by molar-refractivity contribution is 6.21. The summed E-state index contributed by atoms with van der Waals surface area (Å²) in [5.41, 5.74) is 0.929. The lowest BCUT2D eigenvalue weighted by atomic mass is 10.1. The molecule has 0 atom stereocenters. The van der Waals surface area contributed by atoms with Crippen molar-refractivity contribution in [3.8, 4) is 11.4 Å². The monoisotopic (exact) mass is 434 g/mol. The molecule has 4 aromatic rings. The number of alkyl halides is 3. The molecule has 0 bridgehead atoms. The lowest BCUT2D eigenvalue weighted by Gasteiger charge is -2.14. The Morgan fingerprint density at radius 2 is 1.87 bits per heavy atom. The number of halogens is 3. The molecule has 0 saturated heterocycles. The Balaban J connectivity index is 1.44. The molecule has 2 heterocycles. The predicted octanol–water partition coefficient (Wildman–Crippen LogP) is 2.71. The molecule has 12 heteroatoms. The smallest absolute Gasteiger partial charge is 0.376 e. The second kappa shape index (κ2) is 7.34. The number of aromatic nitrogens is 4. The van der Waals surface area contributed by atoms with Crippen molar-refractivity contribution in [3.63, 3.8) is 0 Å². The summed E-state index contributed by atoms with van der Waals surface area (Å²) < 4.78 is 32.0. The van der Waals surface area contributed by atoms with E-state index in [9.17, 15) is 18.4 Å². The molecule has 0 aliphatic rings. The zero-order chi connectivity index (χ0) is 21.5. The van der Waals surface area contributed by atoms with Crippen LogP contribution in [0, 0.1) is 0 Å². The first-order valence-electron chi connectivity index (χ1n) is 8.55. The minimum absolute atomic E-state index is 0.0322. The van der Waals surface area contributed by atoms with E-state index in [1.165, 1.54) is 6.20 Å². The Bertz CT molecular complexity index is 1270. The Kier molecular flexibility index (Phi) is 4.82. The summed E-state index contributed by atoms with van der Waals surface area (Å²) in [5, 5.41) is 9.53. The van der Waals surface area contributed by atoms with E-state index in [1.54, 1.807) is 42.2 Å². The molecule has 0 radical (unpaired) electrons. The van der Waals surface area contributed by atoms with Crippen LogP contribution in [0.2, 0.25) is 0 Å². The first-order chi connectivity index (χ1) is 14.2. The molecule has 4 rings (SSSR count). The number of aryl methyl sites for hydroxylation is 1. The number of benzene rings is 1. The molecule has 0 amide bonds. The summed E-state index contributed by atoms with van der Waals surface area (Å²) in [5.74, 6) is -1.02. The van der Waals surface area contributed by atoms with Gasteiger partial charge in [0.05, 0.1) is 11.9 Å². The normalized spacial score (nSPS) is 11.7. The minimum Gasteiger partial charge on any atom is -0.376 e. The zero-order valence-corrected chi connectivity index (χ0v) is 16.1. The largest absolute Gasteiger partial charge is 0.400 e. The summed E-state index contributed by atoms with van der Waals surface area (Å²) in [6.07, 6.45) is 3.20. The van der Waals surface area contributed by atoms with Crippen molar-refractivity contribution in [2.24, 2.45) is 7.05 Å². The lowest BCUT2D eigenvalue weighted by Crippen LogP contribution is -2.36. The van der Waals surface area contributed by atoms with Gasteiger partial charge in [-0.15, -0.1) is 0 Å². The number of hydrogen-bond acceptors (Lipinski definition) is 8. The third-order valence-corrected chi connectivity index (χ3v) is 4.40. The van der Waals surface area contributed by atoms with Crippen LogP contribution in [0.3, 0.4) is 0 Å². The fraction of sp³-hybridized carbons (Fsp3) is 0.167. The summed E-state index contributed by atoms with van der Waals surface area (Å²) in [7, 11) is 1.73. The minimum atomic E-state index is -3.74. The van der Waals surface area contributed by atoms with Gasteiger partial charge in [0, 0.05) is 25.4 Å². The van der Waals surface area contributed by atoms with Gasteiger partial charge in [-0.05, 0) is 17.2 Å².